The van der Waals surface area contributed by atoms with Crippen molar-refractivity contribution in [3.05, 3.63) is 23.3 Å². The molecule has 1 aromatic carbocycles. The summed E-state index contributed by atoms with van der Waals surface area (Å²) in [7, 11) is 4.79. The van der Waals surface area contributed by atoms with Crippen molar-refractivity contribution in [2.45, 2.75) is 20.0 Å². The molecule has 0 N–H and O–H groups in total. The first-order valence-corrected chi connectivity index (χ1v) is 5.34. The summed E-state index contributed by atoms with van der Waals surface area (Å²) in [6.45, 7) is 1.97. The maximum Gasteiger partial charge on any atom is 0.134 e. The Labute approximate surface area is 101 Å². The lowest BCUT2D eigenvalue weighted by molar-refractivity contribution is -0.116. The molecular formula is C13H18O4. The van der Waals surface area contributed by atoms with Gasteiger partial charge in [0.05, 0.1) is 26.4 Å². The first-order chi connectivity index (χ1) is 8.12. The van der Waals surface area contributed by atoms with E-state index in [9.17, 15) is 4.79 Å². The zero-order chi connectivity index (χ0) is 12.8. The molecule has 0 atom stereocenters. The average Bonchev–Trinajstić information content (AvgIpc) is 2.30. The van der Waals surface area contributed by atoms with Crippen LogP contribution in [0.4, 0.5) is 0 Å². The summed E-state index contributed by atoms with van der Waals surface area (Å²) < 4.78 is 15.7. The number of rotatable bonds is 6. The van der Waals surface area contributed by atoms with Crippen LogP contribution in [0.25, 0.3) is 0 Å². The first kappa shape index (κ1) is 13.5. The van der Waals surface area contributed by atoms with Gasteiger partial charge in [-0.3, -0.25) is 4.79 Å². The summed E-state index contributed by atoms with van der Waals surface area (Å²) in [5, 5.41) is 0. The molecule has 0 aromatic heterocycles. The number of hydrogen-bond acceptors (Lipinski definition) is 4. The van der Waals surface area contributed by atoms with Gasteiger partial charge in [0.25, 0.3) is 0 Å². The van der Waals surface area contributed by atoms with E-state index >= 15 is 0 Å². The Bertz CT molecular complexity index is 373. The molecule has 0 aliphatic heterocycles. The molecule has 0 aliphatic carbocycles. The van der Waals surface area contributed by atoms with E-state index in [4.69, 9.17) is 14.2 Å². The van der Waals surface area contributed by atoms with E-state index in [0.717, 1.165) is 11.1 Å². The minimum atomic E-state index is 0.105. The zero-order valence-electron chi connectivity index (χ0n) is 10.7. The molecule has 0 heterocycles. The molecule has 0 spiro atoms. The largest absolute Gasteiger partial charge is 0.496 e. The molecule has 1 rings (SSSR count). The van der Waals surface area contributed by atoms with Crippen LogP contribution in [0, 0.1) is 0 Å². The first-order valence-electron chi connectivity index (χ1n) is 5.34. The van der Waals surface area contributed by atoms with Gasteiger partial charge in [0, 0.05) is 13.5 Å². The number of hydrogen-bond donors (Lipinski definition) is 0. The maximum absolute atomic E-state index is 11.1. The van der Waals surface area contributed by atoms with Crippen molar-refractivity contribution in [1.29, 1.82) is 0 Å². The van der Waals surface area contributed by atoms with Gasteiger partial charge in [0.1, 0.15) is 17.3 Å². The number of carbonyl (C=O) groups is 1. The number of ketones is 1. The standard InChI is InChI=1S/C13H18O4/c1-9(14)5-10-6-12(16-3)11(8-15-2)13(7-10)17-4/h6-7H,5,8H2,1-4H3. The molecule has 0 amide bonds. The van der Waals surface area contributed by atoms with Crippen molar-refractivity contribution in [3.63, 3.8) is 0 Å². The molecule has 0 radical (unpaired) electrons. The van der Waals surface area contributed by atoms with Gasteiger partial charge in [0.15, 0.2) is 0 Å². The van der Waals surface area contributed by atoms with Crippen molar-refractivity contribution in [1.82, 2.24) is 0 Å². The van der Waals surface area contributed by atoms with Gasteiger partial charge in [0.2, 0.25) is 0 Å². The molecule has 0 unspecified atom stereocenters. The summed E-state index contributed by atoms with van der Waals surface area (Å²) in [5.41, 5.74) is 1.73. The molecule has 4 heteroatoms. The van der Waals surface area contributed by atoms with E-state index in [1.165, 1.54) is 0 Å². The minimum Gasteiger partial charge on any atom is -0.496 e. The van der Waals surface area contributed by atoms with Crippen molar-refractivity contribution >= 4 is 5.78 Å². The van der Waals surface area contributed by atoms with Gasteiger partial charge in [-0.25, -0.2) is 0 Å². The predicted molar refractivity (Wildman–Crippen MR) is 64.6 cm³/mol. The van der Waals surface area contributed by atoms with Gasteiger partial charge in [-0.2, -0.15) is 0 Å². The zero-order valence-corrected chi connectivity index (χ0v) is 10.7. The smallest absolute Gasteiger partial charge is 0.134 e. The average molecular weight is 238 g/mol. The number of Topliss-reactive ketones (excluding diaryl/α,β-unsaturated/α-hetero) is 1. The van der Waals surface area contributed by atoms with Gasteiger partial charge >= 0.3 is 0 Å². The molecule has 0 fully saturated rings. The molecule has 4 nitrogen and oxygen atoms in total. The highest BCUT2D eigenvalue weighted by molar-refractivity contribution is 5.78. The lowest BCUT2D eigenvalue weighted by atomic mass is 10.0. The topological polar surface area (TPSA) is 44.8 Å². The normalized spacial score (nSPS) is 10.1. The fraction of sp³-hybridized carbons (Fsp3) is 0.462. The highest BCUT2D eigenvalue weighted by Crippen LogP contribution is 2.31. The van der Waals surface area contributed by atoms with Crippen LogP contribution in [-0.2, 0) is 22.6 Å². The monoisotopic (exact) mass is 238 g/mol. The van der Waals surface area contributed by atoms with Crippen LogP contribution in [0.1, 0.15) is 18.1 Å². The Hall–Kier alpha value is -1.55. The van der Waals surface area contributed by atoms with Crippen LogP contribution in [0.3, 0.4) is 0 Å². The number of carbonyl (C=O) groups excluding carboxylic acids is 1. The quantitative estimate of drug-likeness (QED) is 0.760. The lowest BCUT2D eigenvalue weighted by Crippen LogP contribution is -2.02. The van der Waals surface area contributed by atoms with Crippen LogP contribution in [0.5, 0.6) is 11.5 Å². The Balaban J connectivity index is 3.18. The predicted octanol–water partition coefficient (Wildman–Crippen LogP) is 1.98. The van der Waals surface area contributed by atoms with E-state index in [2.05, 4.69) is 0 Å². The number of ether oxygens (including phenoxy) is 3. The highest BCUT2D eigenvalue weighted by atomic mass is 16.5. The van der Waals surface area contributed by atoms with E-state index in [0.29, 0.717) is 24.5 Å². The summed E-state index contributed by atoms with van der Waals surface area (Å²) >= 11 is 0. The van der Waals surface area contributed by atoms with E-state index in [-0.39, 0.29) is 5.78 Å². The summed E-state index contributed by atoms with van der Waals surface area (Å²) in [5.74, 6) is 1.47. The number of benzene rings is 1. The van der Waals surface area contributed by atoms with Gasteiger partial charge in [-0.05, 0) is 24.6 Å². The fourth-order valence-electron chi connectivity index (χ4n) is 1.71. The highest BCUT2D eigenvalue weighted by Gasteiger charge is 2.13. The third-order valence-electron chi connectivity index (χ3n) is 2.41. The van der Waals surface area contributed by atoms with E-state index < -0.39 is 0 Å². The molecule has 17 heavy (non-hydrogen) atoms. The van der Waals surface area contributed by atoms with Gasteiger partial charge < -0.3 is 14.2 Å². The molecule has 0 bridgehead atoms. The van der Waals surface area contributed by atoms with Crippen LogP contribution in [-0.4, -0.2) is 27.1 Å². The molecular weight excluding hydrogens is 220 g/mol. The lowest BCUT2D eigenvalue weighted by Gasteiger charge is -2.14. The molecule has 0 saturated carbocycles. The summed E-state index contributed by atoms with van der Waals surface area (Å²) in [6.07, 6.45) is 0.375. The van der Waals surface area contributed by atoms with Crippen molar-refractivity contribution in [2.24, 2.45) is 0 Å². The second-order valence-electron chi connectivity index (χ2n) is 3.79. The van der Waals surface area contributed by atoms with Crippen LogP contribution in [0.15, 0.2) is 12.1 Å². The van der Waals surface area contributed by atoms with Crippen molar-refractivity contribution in [3.8, 4) is 11.5 Å². The number of methoxy groups -OCH3 is 3. The minimum absolute atomic E-state index is 0.105. The Morgan fingerprint density at radius 1 is 1.12 bits per heavy atom. The second kappa shape index (κ2) is 6.25. The second-order valence-corrected chi connectivity index (χ2v) is 3.79. The maximum atomic E-state index is 11.1. The fourth-order valence-corrected chi connectivity index (χ4v) is 1.71. The van der Waals surface area contributed by atoms with E-state index in [1.54, 1.807) is 28.3 Å². The molecule has 94 valence electrons. The van der Waals surface area contributed by atoms with Crippen molar-refractivity contribution in [2.75, 3.05) is 21.3 Å². The summed E-state index contributed by atoms with van der Waals surface area (Å²) in [6, 6.07) is 3.69. The third-order valence-corrected chi connectivity index (χ3v) is 2.41. The van der Waals surface area contributed by atoms with Gasteiger partial charge in [-0.15, -0.1) is 0 Å². The van der Waals surface area contributed by atoms with Crippen LogP contribution in [0.2, 0.25) is 0 Å². The third kappa shape index (κ3) is 3.46. The Kier molecular flexibility index (Phi) is 4.97. The van der Waals surface area contributed by atoms with Crippen molar-refractivity contribution < 1.29 is 19.0 Å². The molecule has 0 saturated heterocycles. The van der Waals surface area contributed by atoms with Gasteiger partial charge in [-0.1, -0.05) is 0 Å². The molecule has 1 aromatic rings. The summed E-state index contributed by atoms with van der Waals surface area (Å²) in [4.78, 5) is 11.1. The Morgan fingerprint density at radius 3 is 2.00 bits per heavy atom. The Morgan fingerprint density at radius 2 is 1.65 bits per heavy atom. The van der Waals surface area contributed by atoms with Crippen LogP contribution < -0.4 is 9.47 Å². The molecule has 0 aliphatic rings. The van der Waals surface area contributed by atoms with E-state index in [1.807, 2.05) is 12.1 Å². The SMILES string of the molecule is COCc1c(OC)cc(CC(C)=O)cc1OC. The van der Waals surface area contributed by atoms with Crippen LogP contribution >= 0.6 is 0 Å².